The lowest BCUT2D eigenvalue weighted by molar-refractivity contribution is -0.214. The highest BCUT2D eigenvalue weighted by Crippen LogP contribution is 2.20. The Kier molecular flexibility index (Phi) is 6.43. The number of nitrogens with zero attached hydrogens (tertiary/aromatic N) is 2. The molecule has 8 nitrogen and oxygen atoms in total. The van der Waals surface area contributed by atoms with Crippen molar-refractivity contribution in [3.63, 3.8) is 0 Å². The van der Waals surface area contributed by atoms with E-state index in [2.05, 4.69) is 10.6 Å². The molecule has 2 N–H and O–H groups in total. The average Bonchev–Trinajstić information content (AvgIpc) is 2.40. The number of nitrogens with one attached hydrogen (secondary N) is 1. The normalized spacial score (nSPS) is 30.7. The highest BCUT2D eigenvalue weighted by Gasteiger charge is 2.37. The molecule has 0 spiro atoms. The summed E-state index contributed by atoms with van der Waals surface area (Å²) in [5, 5.41) is 15.7. The zero-order valence-corrected chi connectivity index (χ0v) is 11.5. The van der Waals surface area contributed by atoms with Crippen molar-refractivity contribution in [2.75, 3.05) is 19.5 Å². The molecule has 0 unspecified atom stereocenters. The maximum Gasteiger partial charge on any atom is 0.340 e. The summed E-state index contributed by atoms with van der Waals surface area (Å²) in [5.41, 5.74) is 0. The predicted molar refractivity (Wildman–Crippen MR) is 67.5 cm³/mol. The van der Waals surface area contributed by atoms with Gasteiger partial charge in [0.05, 0.1) is 24.0 Å². The quantitative estimate of drug-likeness (QED) is 0.435. The van der Waals surface area contributed by atoms with Gasteiger partial charge in [0.2, 0.25) is 0 Å². The minimum Gasteiger partial charge on any atom is -0.388 e. The number of carbonyl (C=O) groups is 1. The number of methoxy groups -OCH3 is 1. The van der Waals surface area contributed by atoms with E-state index in [1.54, 1.807) is 6.92 Å². The molecule has 0 aromatic heterocycles. The van der Waals surface area contributed by atoms with Crippen LogP contribution in [0.3, 0.4) is 0 Å². The minimum absolute atomic E-state index is 0.000532. The van der Waals surface area contributed by atoms with Crippen LogP contribution in [0.5, 0.6) is 0 Å². The van der Waals surface area contributed by atoms with Crippen LogP contribution >= 0.6 is 11.6 Å². The molecule has 1 fully saturated rings. The zero-order chi connectivity index (χ0) is 14.4. The van der Waals surface area contributed by atoms with Gasteiger partial charge in [-0.05, 0) is 6.92 Å². The topological polar surface area (TPSA) is 100 Å². The second-order valence-corrected chi connectivity index (χ2v) is 4.56. The standard InChI is InChI=1S/C10H18ClN3O5/c1-6-9(15)7(5-8(18-2)19-6)12-10(16)14(13-17)4-3-11/h6-9,15H,3-5H2,1-2H3,(H,12,16)/t6-,7-,8-,9-/m0/s1. The van der Waals surface area contributed by atoms with E-state index in [-0.39, 0.29) is 18.8 Å². The number of alkyl halides is 1. The summed E-state index contributed by atoms with van der Waals surface area (Å²) >= 11 is 5.45. The molecule has 0 aliphatic carbocycles. The van der Waals surface area contributed by atoms with Crippen LogP contribution in [0.25, 0.3) is 0 Å². The molecule has 0 saturated carbocycles. The molecular formula is C10H18ClN3O5. The molecule has 1 saturated heterocycles. The molecule has 110 valence electrons. The molecule has 1 heterocycles. The molecule has 9 heteroatoms. The van der Waals surface area contributed by atoms with Crippen LogP contribution < -0.4 is 5.32 Å². The number of ether oxygens (including phenoxy) is 2. The van der Waals surface area contributed by atoms with Gasteiger partial charge < -0.3 is 19.9 Å². The maximum absolute atomic E-state index is 11.7. The molecular weight excluding hydrogens is 278 g/mol. The first-order valence-corrected chi connectivity index (χ1v) is 6.40. The molecule has 2 amide bonds. The van der Waals surface area contributed by atoms with E-state index in [1.165, 1.54) is 7.11 Å². The number of amides is 2. The van der Waals surface area contributed by atoms with Crippen LogP contribution in [0.2, 0.25) is 0 Å². The van der Waals surface area contributed by atoms with Crippen molar-refractivity contribution in [1.82, 2.24) is 10.3 Å². The predicted octanol–water partition coefficient (Wildman–Crippen LogP) is 0.429. The van der Waals surface area contributed by atoms with Crippen molar-refractivity contribution in [1.29, 1.82) is 0 Å². The van der Waals surface area contributed by atoms with Crippen LogP contribution in [0.1, 0.15) is 13.3 Å². The van der Waals surface area contributed by atoms with Gasteiger partial charge in [0.25, 0.3) is 0 Å². The smallest absolute Gasteiger partial charge is 0.340 e. The first-order chi connectivity index (χ1) is 9.03. The molecule has 19 heavy (non-hydrogen) atoms. The molecule has 0 radical (unpaired) electrons. The number of rotatable bonds is 5. The third-order valence-corrected chi connectivity index (χ3v) is 3.08. The van der Waals surface area contributed by atoms with Crippen molar-refractivity contribution in [3.8, 4) is 0 Å². The SMILES string of the molecule is CO[C@@H]1C[C@H](NC(=O)N(CCCl)N=O)[C@@H](O)[C@H](C)O1. The second-order valence-electron chi connectivity index (χ2n) is 4.18. The van der Waals surface area contributed by atoms with Crippen molar-refractivity contribution in [3.05, 3.63) is 4.91 Å². The number of halogens is 1. The van der Waals surface area contributed by atoms with Crippen LogP contribution in [0.15, 0.2) is 5.29 Å². The second kappa shape index (κ2) is 7.59. The summed E-state index contributed by atoms with van der Waals surface area (Å²) in [4.78, 5) is 22.2. The molecule has 0 aromatic carbocycles. The molecule has 0 aromatic rings. The molecule has 1 aliphatic rings. The number of nitroso groups, excluding NO2 is 1. The van der Waals surface area contributed by atoms with Crippen LogP contribution in [-0.4, -0.2) is 60.2 Å². The van der Waals surface area contributed by atoms with Gasteiger partial charge in [-0.1, -0.05) is 0 Å². The van der Waals surface area contributed by atoms with E-state index < -0.39 is 30.6 Å². The van der Waals surface area contributed by atoms with Gasteiger partial charge in [-0.3, -0.25) is 0 Å². The summed E-state index contributed by atoms with van der Waals surface area (Å²) in [6.07, 6.45) is -1.62. The van der Waals surface area contributed by atoms with E-state index >= 15 is 0 Å². The van der Waals surface area contributed by atoms with E-state index in [1.807, 2.05) is 0 Å². The highest BCUT2D eigenvalue weighted by atomic mass is 35.5. The Hall–Kier alpha value is -0.960. The lowest BCUT2D eigenvalue weighted by Gasteiger charge is -2.37. The van der Waals surface area contributed by atoms with Crippen molar-refractivity contribution in [2.24, 2.45) is 5.29 Å². The summed E-state index contributed by atoms with van der Waals surface area (Å²) in [6, 6.07) is -1.29. The van der Waals surface area contributed by atoms with E-state index in [0.717, 1.165) is 0 Å². The first kappa shape index (κ1) is 16.1. The molecule has 1 aliphatic heterocycles. The number of carbonyl (C=O) groups excluding carboxylic acids is 1. The summed E-state index contributed by atoms with van der Waals surface area (Å²) in [6.45, 7) is 1.67. The van der Waals surface area contributed by atoms with Crippen LogP contribution in [0, 0.1) is 4.91 Å². The Morgan fingerprint density at radius 2 is 2.37 bits per heavy atom. The number of hydrogen-bond donors (Lipinski definition) is 2. The summed E-state index contributed by atoms with van der Waals surface area (Å²) in [5.74, 6) is 0.0899. The van der Waals surface area contributed by atoms with Crippen molar-refractivity contribution in [2.45, 2.75) is 37.9 Å². The van der Waals surface area contributed by atoms with Crippen molar-refractivity contribution >= 4 is 17.6 Å². The molecule has 4 atom stereocenters. The zero-order valence-electron chi connectivity index (χ0n) is 10.8. The Morgan fingerprint density at radius 1 is 1.68 bits per heavy atom. The maximum atomic E-state index is 11.7. The number of urea groups is 1. The van der Waals surface area contributed by atoms with Gasteiger partial charge in [0.1, 0.15) is 6.10 Å². The minimum atomic E-state index is -0.889. The van der Waals surface area contributed by atoms with Gasteiger partial charge in [0.15, 0.2) is 6.29 Å². The molecule has 1 rings (SSSR count). The lowest BCUT2D eigenvalue weighted by atomic mass is 10.00. The van der Waals surface area contributed by atoms with Gasteiger partial charge >= 0.3 is 6.03 Å². The fraction of sp³-hybridized carbons (Fsp3) is 0.900. The first-order valence-electron chi connectivity index (χ1n) is 5.87. The van der Waals surface area contributed by atoms with Gasteiger partial charge in [-0.15, -0.1) is 16.5 Å². The average molecular weight is 296 g/mol. The highest BCUT2D eigenvalue weighted by molar-refractivity contribution is 6.18. The van der Waals surface area contributed by atoms with Crippen molar-refractivity contribution < 1.29 is 19.4 Å². The fourth-order valence-electron chi connectivity index (χ4n) is 1.84. The van der Waals surface area contributed by atoms with E-state index in [9.17, 15) is 14.8 Å². The summed E-state index contributed by atoms with van der Waals surface area (Å²) < 4.78 is 10.4. The van der Waals surface area contributed by atoms with E-state index in [0.29, 0.717) is 5.01 Å². The fourth-order valence-corrected chi connectivity index (χ4v) is 2.00. The summed E-state index contributed by atoms with van der Waals surface area (Å²) in [7, 11) is 1.47. The monoisotopic (exact) mass is 295 g/mol. The number of hydrogen-bond acceptors (Lipinski definition) is 6. The number of aliphatic hydroxyl groups is 1. The van der Waals surface area contributed by atoms with Gasteiger partial charge in [-0.25, -0.2) is 4.79 Å². The lowest BCUT2D eigenvalue weighted by Crippen LogP contribution is -2.56. The number of aliphatic hydroxyl groups excluding tert-OH is 1. The van der Waals surface area contributed by atoms with Gasteiger partial charge in [0, 0.05) is 19.4 Å². The van der Waals surface area contributed by atoms with Crippen LogP contribution in [0.4, 0.5) is 4.79 Å². The molecule has 0 bridgehead atoms. The third-order valence-electron chi connectivity index (χ3n) is 2.91. The largest absolute Gasteiger partial charge is 0.388 e. The van der Waals surface area contributed by atoms with Gasteiger partial charge in [-0.2, -0.15) is 5.01 Å². The third kappa shape index (κ3) is 4.27. The van der Waals surface area contributed by atoms with E-state index in [4.69, 9.17) is 21.1 Å². The Morgan fingerprint density at radius 3 is 2.89 bits per heavy atom. The van der Waals surface area contributed by atoms with Crippen LogP contribution in [-0.2, 0) is 9.47 Å². The Labute approximate surface area is 115 Å². The Balaban J connectivity index is 2.62. The Bertz CT molecular complexity index is 320.